The quantitative estimate of drug-likeness (QED) is 0.244. The number of nitrogens with zero attached hydrogens (tertiary/aromatic N) is 1. The molecule has 7 aromatic rings. The average Bonchev–Trinajstić information content (AvgIpc) is 3.50. The van der Waals surface area contributed by atoms with Gasteiger partial charge < -0.3 is 8.98 Å². The van der Waals surface area contributed by atoms with E-state index < -0.39 is 0 Å². The van der Waals surface area contributed by atoms with Crippen molar-refractivity contribution in [1.82, 2.24) is 4.57 Å². The molecule has 2 nitrogen and oxygen atoms in total. The largest absolute Gasteiger partial charge is 0.454 e. The van der Waals surface area contributed by atoms with E-state index in [1.54, 1.807) is 0 Å². The molecule has 2 aromatic heterocycles. The fraction of sp³-hybridized carbons (Fsp3) is 0.0909. The fourth-order valence-corrected chi connectivity index (χ4v) is 6.33. The number of rotatable bonds is 1. The van der Waals surface area contributed by atoms with Crippen LogP contribution >= 0.6 is 0 Å². The summed E-state index contributed by atoms with van der Waals surface area (Å²) >= 11 is 0. The third-order valence-corrected chi connectivity index (χ3v) is 8.00. The maximum absolute atomic E-state index is 6.47. The molecule has 0 saturated carbocycles. The molecule has 0 spiro atoms. The lowest BCUT2D eigenvalue weighted by Gasteiger charge is -2.21. The molecule has 2 heterocycles. The van der Waals surface area contributed by atoms with Crippen molar-refractivity contribution in [3.8, 4) is 16.8 Å². The third-order valence-electron chi connectivity index (χ3n) is 8.00. The lowest BCUT2D eigenvalue weighted by molar-refractivity contribution is 0.661. The van der Waals surface area contributed by atoms with Crippen LogP contribution in [0.4, 0.5) is 0 Å². The van der Waals surface area contributed by atoms with Crippen molar-refractivity contribution < 1.29 is 4.42 Å². The topological polar surface area (TPSA) is 18.1 Å². The van der Waals surface area contributed by atoms with E-state index in [1.165, 1.54) is 44.1 Å². The third kappa shape index (κ3) is 2.34. The Labute approximate surface area is 203 Å². The summed E-state index contributed by atoms with van der Waals surface area (Å²) in [5.41, 5.74) is 10.8. The Hall–Kier alpha value is -4.30. The monoisotopic (exact) mass is 449 g/mol. The second kappa shape index (κ2) is 6.43. The van der Waals surface area contributed by atoms with Crippen molar-refractivity contribution in [3.05, 3.63) is 114 Å². The first kappa shape index (κ1) is 19.1. The van der Waals surface area contributed by atoms with Crippen LogP contribution in [0.5, 0.6) is 0 Å². The Morgan fingerprint density at radius 2 is 1.31 bits per heavy atom. The van der Waals surface area contributed by atoms with Crippen LogP contribution in [-0.2, 0) is 5.41 Å². The summed E-state index contributed by atoms with van der Waals surface area (Å²) in [4.78, 5) is 0. The smallest absolute Gasteiger partial charge is 0.159 e. The summed E-state index contributed by atoms with van der Waals surface area (Å²) in [6.07, 6.45) is 0. The van der Waals surface area contributed by atoms with Crippen LogP contribution in [0.3, 0.4) is 0 Å². The van der Waals surface area contributed by atoms with Gasteiger partial charge in [-0.3, -0.25) is 0 Å². The molecule has 0 N–H and O–H groups in total. The van der Waals surface area contributed by atoms with Crippen LogP contribution in [0.25, 0.3) is 60.6 Å². The number of aromatic nitrogens is 1. The lowest BCUT2D eigenvalue weighted by Crippen LogP contribution is -2.14. The molecule has 0 amide bonds. The Kier molecular flexibility index (Phi) is 3.50. The fourth-order valence-electron chi connectivity index (χ4n) is 6.33. The maximum Gasteiger partial charge on any atom is 0.159 e. The van der Waals surface area contributed by atoms with Gasteiger partial charge in [-0.15, -0.1) is 0 Å². The van der Waals surface area contributed by atoms with Crippen molar-refractivity contribution in [3.63, 3.8) is 0 Å². The van der Waals surface area contributed by atoms with Crippen LogP contribution in [0.1, 0.15) is 25.0 Å². The minimum Gasteiger partial charge on any atom is -0.454 e. The van der Waals surface area contributed by atoms with E-state index in [9.17, 15) is 0 Å². The first-order valence-electron chi connectivity index (χ1n) is 12.2. The van der Waals surface area contributed by atoms with Crippen molar-refractivity contribution in [1.29, 1.82) is 0 Å². The second-order valence-corrected chi connectivity index (χ2v) is 10.2. The summed E-state index contributed by atoms with van der Waals surface area (Å²) in [6.45, 7) is 4.69. The standard InChI is InChI=1S/C33H23NO/c1-33(2)26-14-6-3-10-20(26)24-19-30-25(18-27(24)33)21-11-4-7-15-28(21)34(30)29-16-9-13-23-22-12-5-8-17-31(22)35-32(23)29/h3-19H,1-2H3. The number of para-hydroxylation sites is 3. The molecule has 1 aliphatic carbocycles. The molecule has 0 aliphatic heterocycles. The van der Waals surface area contributed by atoms with Gasteiger partial charge in [0.1, 0.15) is 5.58 Å². The first-order chi connectivity index (χ1) is 17.1. The first-order valence-corrected chi connectivity index (χ1v) is 12.2. The van der Waals surface area contributed by atoms with E-state index >= 15 is 0 Å². The zero-order valence-corrected chi connectivity index (χ0v) is 19.7. The van der Waals surface area contributed by atoms with Gasteiger partial charge in [-0.25, -0.2) is 0 Å². The minimum atomic E-state index is -0.0257. The lowest BCUT2D eigenvalue weighted by atomic mass is 9.82. The second-order valence-electron chi connectivity index (χ2n) is 10.2. The SMILES string of the molecule is CC1(C)c2ccccc2-c2cc3c(cc21)c1ccccc1n3-c1cccc2c1oc1ccccc12. The molecular formula is C33H23NO. The summed E-state index contributed by atoms with van der Waals surface area (Å²) in [5.74, 6) is 0. The van der Waals surface area contributed by atoms with E-state index in [2.05, 4.69) is 115 Å². The number of fused-ring (bicyclic) bond motifs is 9. The van der Waals surface area contributed by atoms with Gasteiger partial charge in [0, 0.05) is 27.0 Å². The van der Waals surface area contributed by atoms with Gasteiger partial charge in [0.05, 0.1) is 16.7 Å². The highest BCUT2D eigenvalue weighted by atomic mass is 16.3. The van der Waals surface area contributed by atoms with Crippen molar-refractivity contribution in [2.75, 3.05) is 0 Å². The van der Waals surface area contributed by atoms with Crippen LogP contribution in [-0.4, -0.2) is 4.57 Å². The predicted octanol–water partition coefficient (Wildman–Crippen LogP) is 8.99. The van der Waals surface area contributed by atoms with Crippen molar-refractivity contribution >= 4 is 43.7 Å². The highest BCUT2D eigenvalue weighted by Gasteiger charge is 2.36. The zero-order chi connectivity index (χ0) is 23.3. The van der Waals surface area contributed by atoms with E-state index in [1.807, 2.05) is 6.07 Å². The number of hydrogen-bond acceptors (Lipinski definition) is 1. The van der Waals surface area contributed by atoms with Crippen LogP contribution in [0.15, 0.2) is 108 Å². The van der Waals surface area contributed by atoms with Gasteiger partial charge >= 0.3 is 0 Å². The minimum absolute atomic E-state index is 0.0257. The van der Waals surface area contributed by atoms with E-state index in [0.717, 1.165) is 27.6 Å². The molecule has 5 aromatic carbocycles. The molecule has 35 heavy (non-hydrogen) atoms. The van der Waals surface area contributed by atoms with Gasteiger partial charge in [-0.2, -0.15) is 0 Å². The Morgan fingerprint density at radius 1 is 0.571 bits per heavy atom. The molecule has 0 unspecified atom stereocenters. The van der Waals surface area contributed by atoms with Gasteiger partial charge in [-0.05, 0) is 52.6 Å². The maximum atomic E-state index is 6.47. The Morgan fingerprint density at radius 3 is 2.23 bits per heavy atom. The molecule has 0 radical (unpaired) electrons. The molecule has 2 heteroatoms. The molecule has 0 atom stereocenters. The van der Waals surface area contributed by atoms with Gasteiger partial charge in [0.15, 0.2) is 5.58 Å². The molecule has 8 rings (SSSR count). The highest BCUT2D eigenvalue weighted by molar-refractivity contribution is 6.14. The summed E-state index contributed by atoms with van der Waals surface area (Å²) in [6, 6.07) is 37.2. The molecular weight excluding hydrogens is 426 g/mol. The van der Waals surface area contributed by atoms with E-state index in [0.29, 0.717) is 0 Å². The molecule has 0 saturated heterocycles. The number of furan rings is 1. The highest BCUT2D eigenvalue weighted by Crippen LogP contribution is 2.51. The molecule has 166 valence electrons. The summed E-state index contributed by atoms with van der Waals surface area (Å²) in [5, 5.41) is 4.86. The van der Waals surface area contributed by atoms with Gasteiger partial charge in [-0.1, -0.05) is 86.6 Å². The van der Waals surface area contributed by atoms with Crippen molar-refractivity contribution in [2.24, 2.45) is 0 Å². The molecule has 1 aliphatic rings. The average molecular weight is 450 g/mol. The van der Waals surface area contributed by atoms with E-state index in [4.69, 9.17) is 4.42 Å². The van der Waals surface area contributed by atoms with Crippen LogP contribution in [0, 0.1) is 0 Å². The summed E-state index contributed by atoms with van der Waals surface area (Å²) < 4.78 is 8.86. The Bertz CT molecular complexity index is 1980. The van der Waals surface area contributed by atoms with Gasteiger partial charge in [0.25, 0.3) is 0 Å². The van der Waals surface area contributed by atoms with E-state index in [-0.39, 0.29) is 5.41 Å². The van der Waals surface area contributed by atoms with Gasteiger partial charge in [0.2, 0.25) is 0 Å². The molecule has 0 bridgehead atoms. The molecule has 0 fully saturated rings. The van der Waals surface area contributed by atoms with Crippen molar-refractivity contribution in [2.45, 2.75) is 19.3 Å². The summed E-state index contributed by atoms with van der Waals surface area (Å²) in [7, 11) is 0. The predicted molar refractivity (Wildman–Crippen MR) is 146 cm³/mol. The number of hydrogen-bond donors (Lipinski definition) is 0. The normalized spacial score (nSPS) is 14.2. The zero-order valence-electron chi connectivity index (χ0n) is 19.7. The van der Waals surface area contributed by atoms with Crippen LogP contribution < -0.4 is 0 Å². The Balaban J connectivity index is 1.54. The van der Waals surface area contributed by atoms with Crippen LogP contribution in [0.2, 0.25) is 0 Å². The number of benzene rings is 5.